The number of methoxy groups -OCH3 is 2. The lowest BCUT2D eigenvalue weighted by atomic mass is 10.0. The molecule has 1 atom stereocenters. The predicted molar refractivity (Wildman–Crippen MR) is 86.4 cm³/mol. The normalized spacial score (nSPS) is 12.4. The van der Waals surface area contributed by atoms with Crippen molar-refractivity contribution in [2.24, 2.45) is 0 Å². The maximum Gasteiger partial charge on any atom is 0.123 e. The summed E-state index contributed by atoms with van der Waals surface area (Å²) in [6.07, 6.45) is 1.93. The van der Waals surface area contributed by atoms with E-state index in [1.165, 1.54) is 0 Å². The summed E-state index contributed by atoms with van der Waals surface area (Å²) in [7, 11) is 3.35. The van der Waals surface area contributed by atoms with Crippen LogP contribution in [0.25, 0.3) is 0 Å². The second-order valence-corrected chi connectivity index (χ2v) is 5.22. The van der Waals surface area contributed by atoms with Crippen LogP contribution in [0, 0.1) is 0 Å². The third kappa shape index (κ3) is 6.66. The Kier molecular flexibility index (Phi) is 9.42. The molecule has 0 aliphatic carbocycles. The van der Waals surface area contributed by atoms with Crippen LogP contribution in [0.3, 0.4) is 0 Å². The Morgan fingerprint density at radius 1 is 1.19 bits per heavy atom. The molecule has 0 radical (unpaired) electrons. The first kappa shape index (κ1) is 18.2. The van der Waals surface area contributed by atoms with Gasteiger partial charge in [-0.05, 0) is 37.6 Å². The molecule has 0 fully saturated rings. The molecule has 0 aliphatic heterocycles. The third-order valence-corrected chi connectivity index (χ3v) is 3.43. The van der Waals surface area contributed by atoms with Gasteiger partial charge in [-0.25, -0.2) is 0 Å². The zero-order chi connectivity index (χ0) is 15.5. The summed E-state index contributed by atoms with van der Waals surface area (Å²) in [4.78, 5) is 0. The van der Waals surface area contributed by atoms with Gasteiger partial charge < -0.3 is 19.5 Å². The summed E-state index contributed by atoms with van der Waals surface area (Å²) in [6, 6.07) is 5.88. The quantitative estimate of drug-likeness (QED) is 0.635. The summed E-state index contributed by atoms with van der Waals surface area (Å²) < 4.78 is 16.0. The third-order valence-electron chi connectivity index (χ3n) is 3.19. The van der Waals surface area contributed by atoms with Gasteiger partial charge in [-0.3, -0.25) is 0 Å². The molecule has 1 aromatic carbocycles. The van der Waals surface area contributed by atoms with Crippen LogP contribution in [-0.4, -0.2) is 40.6 Å². The molecule has 0 bridgehead atoms. The Balaban J connectivity index is 2.69. The van der Waals surface area contributed by atoms with Crippen molar-refractivity contribution < 1.29 is 14.2 Å². The van der Waals surface area contributed by atoms with Gasteiger partial charge in [0.15, 0.2) is 0 Å². The van der Waals surface area contributed by atoms with Crippen molar-refractivity contribution in [2.45, 2.75) is 25.8 Å². The van der Waals surface area contributed by atoms with E-state index in [2.05, 4.69) is 12.2 Å². The number of hydrogen-bond acceptors (Lipinski definition) is 4. The Hall–Kier alpha value is -0.810. The second kappa shape index (κ2) is 10.9. The average molecular weight is 316 g/mol. The van der Waals surface area contributed by atoms with E-state index in [9.17, 15) is 0 Å². The molecular weight excluding hydrogens is 290 g/mol. The van der Waals surface area contributed by atoms with Crippen molar-refractivity contribution in [3.05, 3.63) is 28.8 Å². The molecule has 120 valence electrons. The maximum absolute atomic E-state index is 6.12. The molecule has 21 heavy (non-hydrogen) atoms. The van der Waals surface area contributed by atoms with E-state index < -0.39 is 0 Å². The molecule has 1 aromatic rings. The van der Waals surface area contributed by atoms with Gasteiger partial charge in [0.25, 0.3) is 0 Å². The van der Waals surface area contributed by atoms with Crippen LogP contribution in [0.1, 0.15) is 31.4 Å². The van der Waals surface area contributed by atoms with Crippen LogP contribution in [0.5, 0.6) is 5.75 Å². The first-order chi connectivity index (χ1) is 10.2. The second-order valence-electron chi connectivity index (χ2n) is 4.79. The summed E-state index contributed by atoms with van der Waals surface area (Å²) in [6.45, 7) is 4.99. The molecule has 5 heteroatoms. The zero-order valence-electron chi connectivity index (χ0n) is 13.2. The zero-order valence-corrected chi connectivity index (χ0v) is 13.9. The molecule has 0 heterocycles. The molecule has 1 N–H and O–H groups in total. The van der Waals surface area contributed by atoms with Crippen molar-refractivity contribution in [1.29, 1.82) is 0 Å². The molecule has 0 saturated carbocycles. The highest BCUT2D eigenvalue weighted by molar-refractivity contribution is 6.30. The molecule has 1 rings (SSSR count). The fraction of sp³-hybridized carbons (Fsp3) is 0.625. The maximum atomic E-state index is 6.12. The van der Waals surface area contributed by atoms with Crippen LogP contribution in [0.2, 0.25) is 5.02 Å². The number of rotatable bonds is 11. The highest BCUT2D eigenvalue weighted by Gasteiger charge is 2.16. The highest BCUT2D eigenvalue weighted by Crippen LogP contribution is 2.30. The highest BCUT2D eigenvalue weighted by atomic mass is 35.5. The van der Waals surface area contributed by atoms with E-state index in [-0.39, 0.29) is 6.04 Å². The number of ether oxygens (including phenoxy) is 3. The minimum atomic E-state index is 0.168. The number of halogens is 1. The van der Waals surface area contributed by atoms with E-state index >= 15 is 0 Å². The lowest BCUT2D eigenvalue weighted by molar-refractivity contribution is 0.0657. The first-order valence-corrected chi connectivity index (χ1v) is 7.74. The Labute approximate surface area is 132 Å². The van der Waals surface area contributed by atoms with Gasteiger partial charge in [0.05, 0.1) is 20.3 Å². The largest absolute Gasteiger partial charge is 0.496 e. The predicted octanol–water partition coefficient (Wildman–Crippen LogP) is 3.44. The minimum Gasteiger partial charge on any atom is -0.496 e. The Morgan fingerprint density at radius 2 is 2.00 bits per heavy atom. The van der Waals surface area contributed by atoms with Crippen molar-refractivity contribution in [3.63, 3.8) is 0 Å². The lowest BCUT2D eigenvalue weighted by Crippen LogP contribution is -2.24. The van der Waals surface area contributed by atoms with Crippen LogP contribution >= 0.6 is 11.6 Å². The molecular formula is C16H26ClNO3. The first-order valence-electron chi connectivity index (χ1n) is 7.36. The number of hydrogen-bond donors (Lipinski definition) is 1. The minimum absolute atomic E-state index is 0.168. The fourth-order valence-electron chi connectivity index (χ4n) is 2.11. The van der Waals surface area contributed by atoms with Crippen LogP contribution in [0.4, 0.5) is 0 Å². The van der Waals surface area contributed by atoms with Crippen LogP contribution < -0.4 is 10.1 Å². The van der Waals surface area contributed by atoms with Gasteiger partial charge in [0, 0.05) is 30.3 Å². The van der Waals surface area contributed by atoms with Gasteiger partial charge >= 0.3 is 0 Å². The molecule has 0 amide bonds. The van der Waals surface area contributed by atoms with Crippen molar-refractivity contribution in [1.82, 2.24) is 5.32 Å². The Morgan fingerprint density at radius 3 is 2.67 bits per heavy atom. The molecule has 0 saturated heterocycles. The average Bonchev–Trinajstić information content (AvgIpc) is 2.50. The van der Waals surface area contributed by atoms with Gasteiger partial charge in [-0.15, -0.1) is 0 Å². The summed E-state index contributed by atoms with van der Waals surface area (Å²) in [5.74, 6) is 0.852. The van der Waals surface area contributed by atoms with E-state index in [1.807, 2.05) is 18.2 Å². The van der Waals surface area contributed by atoms with E-state index in [4.69, 9.17) is 25.8 Å². The van der Waals surface area contributed by atoms with E-state index in [1.54, 1.807) is 14.2 Å². The monoisotopic (exact) mass is 315 g/mol. The van der Waals surface area contributed by atoms with Crippen molar-refractivity contribution in [3.8, 4) is 5.75 Å². The van der Waals surface area contributed by atoms with Crippen LogP contribution in [-0.2, 0) is 9.47 Å². The molecule has 4 nitrogen and oxygen atoms in total. The van der Waals surface area contributed by atoms with Gasteiger partial charge in [-0.2, -0.15) is 0 Å². The van der Waals surface area contributed by atoms with Gasteiger partial charge in [0.2, 0.25) is 0 Å². The number of nitrogens with one attached hydrogen (secondary N) is 1. The lowest BCUT2D eigenvalue weighted by Gasteiger charge is -2.21. The SMILES string of the molecule is CCCNC(CCOCCOC)c1cc(Cl)ccc1OC. The molecule has 0 aromatic heterocycles. The Bertz CT molecular complexity index is 401. The smallest absolute Gasteiger partial charge is 0.123 e. The molecule has 0 aliphatic rings. The topological polar surface area (TPSA) is 39.7 Å². The van der Waals surface area contributed by atoms with Gasteiger partial charge in [-0.1, -0.05) is 18.5 Å². The van der Waals surface area contributed by atoms with E-state index in [0.717, 1.165) is 35.7 Å². The summed E-state index contributed by atoms with van der Waals surface area (Å²) >= 11 is 6.12. The molecule has 1 unspecified atom stereocenters. The number of benzene rings is 1. The van der Waals surface area contributed by atoms with Crippen molar-refractivity contribution >= 4 is 11.6 Å². The standard InChI is InChI=1S/C16H26ClNO3/c1-4-8-18-15(7-9-21-11-10-19-2)14-12-13(17)5-6-16(14)20-3/h5-6,12,15,18H,4,7-11H2,1-3H3. The van der Waals surface area contributed by atoms with E-state index in [0.29, 0.717) is 19.8 Å². The summed E-state index contributed by atoms with van der Waals surface area (Å²) in [5, 5.41) is 4.25. The van der Waals surface area contributed by atoms with Crippen LogP contribution in [0.15, 0.2) is 18.2 Å². The van der Waals surface area contributed by atoms with Gasteiger partial charge in [0.1, 0.15) is 5.75 Å². The summed E-state index contributed by atoms with van der Waals surface area (Å²) in [5.41, 5.74) is 1.08. The molecule has 0 spiro atoms. The van der Waals surface area contributed by atoms with Crippen molar-refractivity contribution in [2.75, 3.05) is 40.6 Å². The fourth-order valence-corrected chi connectivity index (χ4v) is 2.29.